The van der Waals surface area contributed by atoms with Crippen LogP contribution in [0.3, 0.4) is 0 Å². The second kappa shape index (κ2) is 11.1. The lowest BCUT2D eigenvalue weighted by atomic mass is 9.95. The highest BCUT2D eigenvalue weighted by Gasteiger charge is 2.32. The van der Waals surface area contributed by atoms with Gasteiger partial charge < -0.3 is 29.6 Å². The molecular weight excluding hydrogens is 428 g/mol. The molecular formula is C24H26N2O7. The van der Waals surface area contributed by atoms with Crippen LogP contribution in [0.4, 0.5) is 4.79 Å². The summed E-state index contributed by atoms with van der Waals surface area (Å²) in [5.74, 6) is -0.312. The molecule has 0 aromatic heterocycles. The van der Waals surface area contributed by atoms with Crippen LogP contribution in [0.1, 0.15) is 34.5 Å². The van der Waals surface area contributed by atoms with Gasteiger partial charge in [-0.3, -0.25) is 0 Å². The van der Waals surface area contributed by atoms with Crippen LogP contribution in [0.2, 0.25) is 0 Å². The number of hydrogen-bond acceptors (Lipinski definition) is 7. The second-order valence-electron chi connectivity index (χ2n) is 7.25. The quantitative estimate of drug-likeness (QED) is 0.443. The van der Waals surface area contributed by atoms with Crippen molar-refractivity contribution in [2.24, 2.45) is 0 Å². The molecule has 0 spiro atoms. The highest BCUT2D eigenvalue weighted by Crippen LogP contribution is 2.29. The van der Waals surface area contributed by atoms with E-state index in [1.165, 1.54) is 14.2 Å². The fourth-order valence-electron chi connectivity index (χ4n) is 3.29. The van der Waals surface area contributed by atoms with Gasteiger partial charge in [0.05, 0.1) is 30.9 Å². The second-order valence-corrected chi connectivity index (χ2v) is 7.25. The van der Waals surface area contributed by atoms with Crippen molar-refractivity contribution in [3.8, 4) is 5.75 Å². The number of esters is 2. The van der Waals surface area contributed by atoms with Crippen LogP contribution in [0.15, 0.2) is 59.8 Å². The summed E-state index contributed by atoms with van der Waals surface area (Å²) in [6.45, 7) is 2.35. The average Bonchev–Trinajstić information content (AvgIpc) is 2.82. The van der Waals surface area contributed by atoms with Crippen LogP contribution < -0.4 is 15.4 Å². The third-order valence-corrected chi connectivity index (χ3v) is 5.00. The standard InChI is InChI=1S/C24H26N2O7/c1-15-20(23(28)32-13-12-30-2)21(26-24(29)25-15)17-8-10-19(11-9-17)33-14-16-4-6-18(7-5-16)22(27)31-3/h4-11,21H,12-14H2,1-3H3,(H2,25,26,29). The number of amides is 2. The third-order valence-electron chi connectivity index (χ3n) is 5.00. The van der Waals surface area contributed by atoms with Crippen molar-refractivity contribution < 1.29 is 33.3 Å². The SMILES string of the molecule is COCCOC(=O)C1=C(C)NC(=O)NC1c1ccc(OCc2ccc(C(=O)OC)cc2)cc1. The van der Waals surface area contributed by atoms with Gasteiger partial charge in [-0.15, -0.1) is 0 Å². The third kappa shape index (κ3) is 6.11. The number of urea groups is 1. The van der Waals surface area contributed by atoms with Gasteiger partial charge in [0.1, 0.15) is 19.0 Å². The lowest BCUT2D eigenvalue weighted by Crippen LogP contribution is -2.45. The van der Waals surface area contributed by atoms with Crippen molar-refractivity contribution in [1.29, 1.82) is 0 Å². The summed E-state index contributed by atoms with van der Waals surface area (Å²) >= 11 is 0. The highest BCUT2D eigenvalue weighted by molar-refractivity contribution is 5.95. The molecule has 2 aromatic rings. The molecule has 0 aliphatic carbocycles. The van der Waals surface area contributed by atoms with E-state index in [0.717, 1.165) is 5.56 Å². The maximum absolute atomic E-state index is 12.6. The van der Waals surface area contributed by atoms with Crippen LogP contribution in [0.25, 0.3) is 0 Å². The van der Waals surface area contributed by atoms with Gasteiger partial charge in [-0.1, -0.05) is 24.3 Å². The molecule has 0 radical (unpaired) electrons. The zero-order valence-corrected chi connectivity index (χ0v) is 18.7. The van der Waals surface area contributed by atoms with Crippen LogP contribution >= 0.6 is 0 Å². The first-order chi connectivity index (χ1) is 15.9. The summed E-state index contributed by atoms with van der Waals surface area (Å²) in [5.41, 5.74) is 2.82. The first kappa shape index (κ1) is 23.8. The largest absolute Gasteiger partial charge is 0.489 e. The number of methoxy groups -OCH3 is 2. The topological polar surface area (TPSA) is 112 Å². The Bertz CT molecular complexity index is 1030. The van der Waals surface area contributed by atoms with E-state index in [1.54, 1.807) is 55.5 Å². The number of rotatable bonds is 9. The Hall–Kier alpha value is -3.85. The van der Waals surface area contributed by atoms with Crippen LogP contribution in [-0.4, -0.2) is 45.4 Å². The number of allylic oxidation sites excluding steroid dienone is 1. The summed E-state index contributed by atoms with van der Waals surface area (Å²) in [4.78, 5) is 36.1. The lowest BCUT2D eigenvalue weighted by molar-refractivity contribution is -0.140. The van der Waals surface area contributed by atoms with Gasteiger partial charge in [-0.25, -0.2) is 14.4 Å². The van der Waals surface area contributed by atoms with E-state index in [0.29, 0.717) is 34.8 Å². The molecule has 3 rings (SSSR count). The normalized spacial score (nSPS) is 15.4. The Morgan fingerprint density at radius 1 is 0.939 bits per heavy atom. The van der Waals surface area contributed by atoms with E-state index >= 15 is 0 Å². The minimum atomic E-state index is -0.659. The van der Waals surface area contributed by atoms with Gasteiger partial charge in [-0.05, 0) is 42.3 Å². The molecule has 1 aliphatic heterocycles. The summed E-state index contributed by atoms with van der Waals surface area (Å²) < 4.78 is 20.7. The van der Waals surface area contributed by atoms with Gasteiger partial charge in [0, 0.05) is 12.8 Å². The number of carbonyl (C=O) groups is 3. The van der Waals surface area contributed by atoms with E-state index in [2.05, 4.69) is 15.4 Å². The molecule has 0 saturated carbocycles. The van der Waals surface area contributed by atoms with Crippen molar-refractivity contribution in [1.82, 2.24) is 10.6 Å². The van der Waals surface area contributed by atoms with Crippen molar-refractivity contribution in [3.05, 3.63) is 76.5 Å². The molecule has 0 saturated heterocycles. The molecule has 0 bridgehead atoms. The van der Waals surface area contributed by atoms with E-state index in [4.69, 9.17) is 14.2 Å². The molecule has 1 aliphatic rings. The summed E-state index contributed by atoms with van der Waals surface area (Å²) in [7, 11) is 2.85. The number of carbonyl (C=O) groups excluding carboxylic acids is 3. The zero-order valence-electron chi connectivity index (χ0n) is 18.7. The molecule has 9 nitrogen and oxygen atoms in total. The summed E-state index contributed by atoms with van der Waals surface area (Å²) in [5, 5.41) is 5.37. The van der Waals surface area contributed by atoms with Crippen LogP contribution in [0, 0.1) is 0 Å². The van der Waals surface area contributed by atoms with Crippen LogP contribution in [0.5, 0.6) is 5.75 Å². The van der Waals surface area contributed by atoms with Gasteiger partial charge in [0.25, 0.3) is 0 Å². The number of hydrogen-bond donors (Lipinski definition) is 2. The number of nitrogens with one attached hydrogen (secondary N) is 2. The fraction of sp³-hybridized carbons (Fsp3) is 0.292. The minimum Gasteiger partial charge on any atom is -0.489 e. The Morgan fingerprint density at radius 2 is 1.64 bits per heavy atom. The number of ether oxygens (including phenoxy) is 4. The smallest absolute Gasteiger partial charge is 0.338 e. The molecule has 33 heavy (non-hydrogen) atoms. The first-order valence-electron chi connectivity index (χ1n) is 10.3. The molecule has 1 atom stereocenters. The monoisotopic (exact) mass is 454 g/mol. The molecule has 1 heterocycles. The lowest BCUT2D eigenvalue weighted by Gasteiger charge is -2.28. The fourth-order valence-corrected chi connectivity index (χ4v) is 3.29. The first-order valence-corrected chi connectivity index (χ1v) is 10.3. The van der Waals surface area contributed by atoms with E-state index in [9.17, 15) is 14.4 Å². The molecule has 1 unspecified atom stereocenters. The maximum Gasteiger partial charge on any atom is 0.338 e. The summed E-state index contributed by atoms with van der Waals surface area (Å²) in [6.07, 6.45) is 0. The minimum absolute atomic E-state index is 0.111. The Kier molecular flexibility index (Phi) is 8.04. The van der Waals surface area contributed by atoms with Crippen LogP contribution in [-0.2, 0) is 25.6 Å². The Morgan fingerprint density at radius 3 is 2.27 bits per heavy atom. The molecule has 2 amide bonds. The predicted octanol–water partition coefficient (Wildman–Crippen LogP) is 2.87. The molecule has 2 aromatic carbocycles. The summed E-state index contributed by atoms with van der Waals surface area (Å²) in [6, 6.07) is 13.0. The Balaban J connectivity index is 1.68. The van der Waals surface area contributed by atoms with E-state index in [-0.39, 0.29) is 13.2 Å². The molecule has 9 heteroatoms. The van der Waals surface area contributed by atoms with Crippen molar-refractivity contribution >= 4 is 18.0 Å². The van der Waals surface area contributed by atoms with Crippen molar-refractivity contribution in [2.75, 3.05) is 27.4 Å². The van der Waals surface area contributed by atoms with Gasteiger partial charge in [0.2, 0.25) is 0 Å². The van der Waals surface area contributed by atoms with E-state index in [1.807, 2.05) is 0 Å². The maximum atomic E-state index is 12.6. The molecule has 174 valence electrons. The zero-order chi connectivity index (χ0) is 23.8. The molecule has 0 fully saturated rings. The van der Waals surface area contributed by atoms with Crippen molar-refractivity contribution in [3.63, 3.8) is 0 Å². The average molecular weight is 454 g/mol. The van der Waals surface area contributed by atoms with E-state index < -0.39 is 24.0 Å². The van der Waals surface area contributed by atoms with Gasteiger partial charge in [0.15, 0.2) is 0 Å². The highest BCUT2D eigenvalue weighted by atomic mass is 16.6. The Labute approximate surface area is 191 Å². The predicted molar refractivity (Wildman–Crippen MR) is 118 cm³/mol. The van der Waals surface area contributed by atoms with Gasteiger partial charge in [-0.2, -0.15) is 0 Å². The number of benzene rings is 2. The van der Waals surface area contributed by atoms with Crippen molar-refractivity contribution in [2.45, 2.75) is 19.6 Å². The van der Waals surface area contributed by atoms with Gasteiger partial charge >= 0.3 is 18.0 Å². The molecule has 2 N–H and O–H groups in total.